The average Bonchev–Trinajstić information content (AvgIpc) is 2.91. The second-order valence-corrected chi connectivity index (χ2v) is 10.3. The number of esters is 1. The molecule has 6 heteroatoms. The van der Waals surface area contributed by atoms with E-state index in [1.807, 2.05) is 24.3 Å². The first-order valence-corrected chi connectivity index (χ1v) is 13.1. The van der Waals surface area contributed by atoms with Crippen molar-refractivity contribution in [1.82, 2.24) is 10.3 Å². The number of aromatic nitrogens is 1. The summed E-state index contributed by atoms with van der Waals surface area (Å²) in [6.07, 6.45) is 5.10. The zero-order valence-corrected chi connectivity index (χ0v) is 21.2. The first-order valence-electron chi connectivity index (χ1n) is 13.1. The number of aryl methyl sites for hydroxylation is 1. The van der Waals surface area contributed by atoms with Crippen LogP contribution >= 0.6 is 0 Å². The van der Waals surface area contributed by atoms with Crippen LogP contribution in [0.25, 0.3) is 10.9 Å². The van der Waals surface area contributed by atoms with Crippen molar-refractivity contribution in [2.24, 2.45) is 11.8 Å². The van der Waals surface area contributed by atoms with Gasteiger partial charge in [0.05, 0.1) is 24.6 Å². The topological polar surface area (TPSA) is 80.7 Å². The van der Waals surface area contributed by atoms with Crippen molar-refractivity contribution in [3.8, 4) is 5.75 Å². The van der Waals surface area contributed by atoms with Crippen molar-refractivity contribution in [1.29, 1.82) is 0 Å². The first-order chi connectivity index (χ1) is 17.5. The highest BCUT2D eigenvalue weighted by Crippen LogP contribution is 2.48. The molecule has 0 radical (unpaired) electrons. The maximum Gasteiger partial charge on any atom is 0.310 e. The van der Waals surface area contributed by atoms with Crippen molar-refractivity contribution in [3.05, 3.63) is 71.4 Å². The summed E-state index contributed by atoms with van der Waals surface area (Å²) in [5.41, 5.74) is 4.21. The van der Waals surface area contributed by atoms with Gasteiger partial charge in [0, 0.05) is 24.0 Å². The third-order valence-corrected chi connectivity index (χ3v) is 8.00. The van der Waals surface area contributed by atoms with Crippen molar-refractivity contribution in [2.75, 3.05) is 20.2 Å². The number of piperidine rings is 1. The Morgan fingerprint density at radius 3 is 2.78 bits per heavy atom. The Balaban J connectivity index is 1.31. The van der Waals surface area contributed by atoms with Crippen molar-refractivity contribution in [3.63, 3.8) is 0 Å². The first kappa shape index (κ1) is 24.7. The summed E-state index contributed by atoms with van der Waals surface area (Å²) in [5.74, 6) is 1.13. The molecule has 5 atom stereocenters. The number of carbonyl (C=O) groups excluding carboxylic acids is 1. The minimum Gasteiger partial charge on any atom is -0.497 e. The molecule has 2 heterocycles. The largest absolute Gasteiger partial charge is 0.497 e. The minimum atomic E-state index is -0.638. The van der Waals surface area contributed by atoms with Gasteiger partial charge in [-0.2, -0.15) is 0 Å². The van der Waals surface area contributed by atoms with Crippen LogP contribution < -0.4 is 10.1 Å². The molecule has 1 aliphatic carbocycles. The summed E-state index contributed by atoms with van der Waals surface area (Å²) in [5, 5.41) is 15.4. The molecule has 0 bridgehead atoms. The zero-order chi connectivity index (χ0) is 25.1. The smallest absolute Gasteiger partial charge is 0.310 e. The highest BCUT2D eigenvalue weighted by molar-refractivity contribution is 5.83. The number of methoxy groups -OCH3 is 1. The van der Waals surface area contributed by atoms with Gasteiger partial charge in [0.2, 0.25) is 0 Å². The lowest BCUT2D eigenvalue weighted by molar-refractivity contribution is -0.166. The van der Waals surface area contributed by atoms with Crippen molar-refractivity contribution in [2.45, 2.75) is 57.2 Å². The third-order valence-electron chi connectivity index (χ3n) is 8.00. The van der Waals surface area contributed by atoms with E-state index in [0.29, 0.717) is 18.9 Å². The Labute approximate surface area is 213 Å². The summed E-state index contributed by atoms with van der Waals surface area (Å²) < 4.78 is 11.5. The molecule has 3 unspecified atom stereocenters. The Morgan fingerprint density at radius 2 is 2.03 bits per heavy atom. The van der Waals surface area contributed by atoms with Gasteiger partial charge in [0.25, 0.3) is 0 Å². The number of hydrogen-bond donors (Lipinski definition) is 2. The SMILES string of the molecule is COc1ccc2nccc(C(O)CC[C@H]3C(OC(=O)C4CCCNC4)C[C@H]3c3ccc(C)cc3)c2c1. The quantitative estimate of drug-likeness (QED) is 0.431. The van der Waals surface area contributed by atoms with E-state index < -0.39 is 6.10 Å². The van der Waals surface area contributed by atoms with Crippen molar-refractivity contribution < 1.29 is 19.4 Å². The van der Waals surface area contributed by atoms with E-state index in [-0.39, 0.29) is 23.9 Å². The third kappa shape index (κ3) is 5.25. The van der Waals surface area contributed by atoms with Crippen LogP contribution in [0.3, 0.4) is 0 Å². The number of nitrogens with one attached hydrogen (secondary N) is 1. The highest BCUT2D eigenvalue weighted by Gasteiger charge is 2.44. The number of hydrogen-bond acceptors (Lipinski definition) is 6. The summed E-state index contributed by atoms with van der Waals surface area (Å²) in [7, 11) is 1.64. The maximum atomic E-state index is 12.9. The molecule has 1 aliphatic heterocycles. The Kier molecular flexibility index (Phi) is 7.54. The predicted octanol–water partition coefficient (Wildman–Crippen LogP) is 5.08. The van der Waals surface area contributed by atoms with E-state index in [9.17, 15) is 9.90 Å². The van der Waals surface area contributed by atoms with Gasteiger partial charge in [-0.05, 0) is 86.9 Å². The van der Waals surface area contributed by atoms with Crippen LogP contribution in [0.15, 0.2) is 54.7 Å². The van der Waals surface area contributed by atoms with E-state index in [4.69, 9.17) is 9.47 Å². The van der Waals surface area contributed by atoms with Crippen LogP contribution in [0.5, 0.6) is 5.75 Å². The van der Waals surface area contributed by atoms with Gasteiger partial charge in [-0.15, -0.1) is 0 Å². The van der Waals surface area contributed by atoms with E-state index in [1.165, 1.54) is 11.1 Å². The standard InChI is InChI=1S/C30H36N2O4/c1-19-5-7-20(8-6-19)25-17-29(36-30(34)21-4-3-14-31-18-21)24(25)10-12-28(33)23-13-15-32-27-11-9-22(35-2)16-26(23)27/h5-9,11,13,15-16,21,24-25,28-29,31,33H,3-4,10,12,14,17-18H2,1-2H3/t21?,24-,25+,28?,29?/m1/s1. The molecule has 0 amide bonds. The van der Waals surface area contributed by atoms with Crippen LogP contribution in [-0.2, 0) is 9.53 Å². The van der Waals surface area contributed by atoms with Crippen LogP contribution in [0.2, 0.25) is 0 Å². The lowest BCUT2D eigenvalue weighted by atomic mass is 9.65. The minimum absolute atomic E-state index is 0.0541. The molecule has 5 rings (SSSR count). The Bertz CT molecular complexity index is 1190. The summed E-state index contributed by atoms with van der Waals surface area (Å²) in [4.78, 5) is 17.3. The molecule has 1 saturated carbocycles. The maximum absolute atomic E-state index is 12.9. The van der Waals surface area contributed by atoms with E-state index in [0.717, 1.165) is 54.4 Å². The monoisotopic (exact) mass is 488 g/mol. The normalized spacial score (nSPS) is 24.6. The van der Waals surface area contributed by atoms with Gasteiger partial charge in [-0.1, -0.05) is 29.8 Å². The highest BCUT2D eigenvalue weighted by atomic mass is 16.5. The van der Waals surface area contributed by atoms with E-state index in [1.54, 1.807) is 13.3 Å². The summed E-state index contributed by atoms with van der Waals surface area (Å²) in [6.45, 7) is 3.77. The molecule has 1 saturated heterocycles. The lowest BCUT2D eigenvalue weighted by Crippen LogP contribution is -2.45. The molecule has 36 heavy (non-hydrogen) atoms. The molecule has 2 aromatic carbocycles. The number of fused-ring (bicyclic) bond motifs is 1. The summed E-state index contributed by atoms with van der Waals surface area (Å²) in [6, 6.07) is 16.3. The second-order valence-electron chi connectivity index (χ2n) is 10.3. The van der Waals surface area contributed by atoms with Gasteiger partial charge in [-0.25, -0.2) is 0 Å². The fraction of sp³-hybridized carbons (Fsp3) is 0.467. The molecule has 6 nitrogen and oxygen atoms in total. The fourth-order valence-electron chi connectivity index (χ4n) is 5.75. The molecule has 1 aromatic heterocycles. The van der Waals surface area contributed by atoms with E-state index >= 15 is 0 Å². The molecule has 0 spiro atoms. The van der Waals surface area contributed by atoms with Gasteiger partial charge in [0.1, 0.15) is 11.9 Å². The van der Waals surface area contributed by atoms with Crippen LogP contribution in [-0.4, -0.2) is 42.4 Å². The van der Waals surface area contributed by atoms with Crippen LogP contribution in [0, 0.1) is 18.8 Å². The molecular weight excluding hydrogens is 452 g/mol. The number of benzene rings is 2. The van der Waals surface area contributed by atoms with Crippen LogP contribution in [0.1, 0.15) is 60.8 Å². The van der Waals surface area contributed by atoms with Gasteiger partial charge < -0.3 is 19.9 Å². The van der Waals surface area contributed by atoms with Gasteiger partial charge in [0.15, 0.2) is 0 Å². The molecule has 3 aromatic rings. The van der Waals surface area contributed by atoms with E-state index in [2.05, 4.69) is 41.5 Å². The predicted molar refractivity (Wildman–Crippen MR) is 140 cm³/mol. The number of carbonyl (C=O) groups is 1. The van der Waals surface area contributed by atoms with Crippen molar-refractivity contribution >= 4 is 16.9 Å². The number of ether oxygens (including phenoxy) is 2. The molecule has 2 aliphatic rings. The fourth-order valence-corrected chi connectivity index (χ4v) is 5.75. The Morgan fingerprint density at radius 1 is 1.19 bits per heavy atom. The Hall–Kier alpha value is -2.96. The number of rotatable bonds is 8. The number of nitrogens with zero attached hydrogens (tertiary/aromatic N) is 1. The zero-order valence-electron chi connectivity index (χ0n) is 21.2. The number of aliphatic hydroxyl groups excluding tert-OH is 1. The van der Waals surface area contributed by atoms with Gasteiger partial charge >= 0.3 is 5.97 Å². The lowest BCUT2D eigenvalue weighted by Gasteiger charge is -2.45. The molecular formula is C30H36N2O4. The van der Waals surface area contributed by atoms with Crippen LogP contribution in [0.4, 0.5) is 0 Å². The molecule has 2 fully saturated rings. The molecule has 190 valence electrons. The number of aliphatic hydroxyl groups is 1. The summed E-state index contributed by atoms with van der Waals surface area (Å²) >= 11 is 0. The van der Waals surface area contributed by atoms with Gasteiger partial charge in [-0.3, -0.25) is 9.78 Å². The molecule has 2 N–H and O–H groups in total. The second kappa shape index (κ2) is 11.0. The average molecular weight is 489 g/mol. The number of pyridine rings is 1.